The quantitative estimate of drug-likeness (QED) is 0.646. The Labute approximate surface area is 108 Å². The lowest BCUT2D eigenvalue weighted by atomic mass is 9.74. The molecule has 2 aromatic rings. The van der Waals surface area contributed by atoms with E-state index in [2.05, 4.69) is 63.4 Å². The molecular formula is C15H21NS. The first-order valence-electron chi connectivity index (χ1n) is 6.09. The van der Waals surface area contributed by atoms with Crippen molar-refractivity contribution in [2.45, 2.75) is 52.4 Å². The van der Waals surface area contributed by atoms with Crippen LogP contribution in [0.5, 0.6) is 0 Å². The number of nitrogens with zero attached hydrogens (tertiary/aromatic N) is 1. The summed E-state index contributed by atoms with van der Waals surface area (Å²) in [6, 6.07) is 4.41. The van der Waals surface area contributed by atoms with Crippen LogP contribution < -0.4 is 0 Å². The highest BCUT2D eigenvalue weighted by Gasteiger charge is 2.27. The number of hydrogen-bond donors (Lipinski definition) is 0. The summed E-state index contributed by atoms with van der Waals surface area (Å²) in [7, 11) is 0. The monoisotopic (exact) mass is 247 g/mol. The van der Waals surface area contributed by atoms with E-state index in [1.165, 1.54) is 16.5 Å². The lowest BCUT2D eigenvalue weighted by molar-refractivity contribution is 0.535. The van der Waals surface area contributed by atoms with Crippen LogP contribution in [0.4, 0.5) is 0 Å². The number of hydrogen-bond acceptors (Lipinski definition) is 2. The summed E-state index contributed by atoms with van der Waals surface area (Å²) in [6.45, 7) is 13.7. The fraction of sp³-hybridized carbons (Fsp3) is 0.533. The van der Waals surface area contributed by atoms with Gasteiger partial charge >= 0.3 is 0 Å². The molecule has 0 amide bonds. The third kappa shape index (κ3) is 2.23. The average molecular weight is 247 g/mol. The molecule has 0 N–H and O–H groups in total. The molecule has 0 aliphatic rings. The number of rotatable bonds is 0. The molecule has 0 aliphatic carbocycles. The predicted octanol–water partition coefficient (Wildman–Crippen LogP) is 4.89. The molecule has 0 saturated carbocycles. The van der Waals surface area contributed by atoms with Crippen molar-refractivity contribution in [2.24, 2.45) is 0 Å². The summed E-state index contributed by atoms with van der Waals surface area (Å²) in [5, 5.41) is 3.51. The number of fused-ring (bicyclic) bond motifs is 1. The Morgan fingerprint density at radius 3 is 2.12 bits per heavy atom. The minimum atomic E-state index is 0.158. The summed E-state index contributed by atoms with van der Waals surface area (Å²) in [6.07, 6.45) is 0. The van der Waals surface area contributed by atoms with E-state index >= 15 is 0 Å². The molecule has 2 heteroatoms. The summed E-state index contributed by atoms with van der Waals surface area (Å²) in [5.74, 6) is 0. The van der Waals surface area contributed by atoms with Crippen LogP contribution in [0, 0.1) is 0 Å². The van der Waals surface area contributed by atoms with E-state index in [0.717, 1.165) is 5.52 Å². The van der Waals surface area contributed by atoms with Crippen molar-refractivity contribution < 1.29 is 0 Å². The molecule has 0 spiro atoms. The SMILES string of the molecule is CC(C)(C)c1ccc2nscc2c1C(C)(C)C. The third-order valence-corrected chi connectivity index (χ3v) is 3.75. The molecule has 0 bridgehead atoms. The number of aromatic nitrogens is 1. The smallest absolute Gasteiger partial charge is 0.0843 e. The Balaban J connectivity index is 2.85. The largest absolute Gasteiger partial charge is 0.193 e. The van der Waals surface area contributed by atoms with E-state index in [4.69, 9.17) is 0 Å². The molecule has 0 saturated heterocycles. The number of benzene rings is 1. The molecule has 1 nitrogen and oxygen atoms in total. The molecule has 17 heavy (non-hydrogen) atoms. The van der Waals surface area contributed by atoms with E-state index in [1.54, 1.807) is 11.5 Å². The maximum atomic E-state index is 4.46. The highest BCUT2D eigenvalue weighted by Crippen LogP contribution is 2.38. The molecule has 2 rings (SSSR count). The first-order valence-corrected chi connectivity index (χ1v) is 6.93. The molecule has 0 fully saturated rings. The van der Waals surface area contributed by atoms with Crippen LogP contribution in [0.25, 0.3) is 10.9 Å². The van der Waals surface area contributed by atoms with Gasteiger partial charge in [-0.05, 0) is 39.6 Å². The van der Waals surface area contributed by atoms with Gasteiger partial charge in [-0.15, -0.1) is 0 Å². The van der Waals surface area contributed by atoms with Gasteiger partial charge in [0, 0.05) is 10.8 Å². The standard InChI is InChI=1S/C15H21NS/c1-14(2,3)11-7-8-12-10(9-17-16-12)13(11)15(4,5)6/h7-9H,1-6H3. The van der Waals surface area contributed by atoms with Crippen molar-refractivity contribution in [3.8, 4) is 0 Å². The van der Waals surface area contributed by atoms with Gasteiger partial charge in [-0.1, -0.05) is 47.6 Å². The van der Waals surface area contributed by atoms with Crippen molar-refractivity contribution in [1.29, 1.82) is 0 Å². The van der Waals surface area contributed by atoms with Crippen molar-refractivity contribution in [1.82, 2.24) is 4.37 Å². The van der Waals surface area contributed by atoms with Crippen LogP contribution in [-0.4, -0.2) is 4.37 Å². The van der Waals surface area contributed by atoms with Crippen LogP contribution in [0.1, 0.15) is 52.7 Å². The first kappa shape index (κ1) is 12.6. The summed E-state index contributed by atoms with van der Waals surface area (Å²) < 4.78 is 4.46. The Morgan fingerprint density at radius 2 is 1.59 bits per heavy atom. The molecule has 0 radical (unpaired) electrons. The van der Waals surface area contributed by atoms with Crippen LogP contribution >= 0.6 is 11.5 Å². The van der Waals surface area contributed by atoms with E-state index in [0.29, 0.717) is 0 Å². The minimum absolute atomic E-state index is 0.158. The Bertz CT molecular complexity index is 538. The second-order valence-electron chi connectivity index (χ2n) is 6.74. The second kappa shape index (κ2) is 3.81. The van der Waals surface area contributed by atoms with Crippen LogP contribution in [0.2, 0.25) is 0 Å². The maximum absolute atomic E-state index is 4.46. The fourth-order valence-electron chi connectivity index (χ4n) is 2.38. The fourth-order valence-corrected chi connectivity index (χ4v) is 3.05. The van der Waals surface area contributed by atoms with Gasteiger partial charge < -0.3 is 0 Å². The normalized spacial score (nSPS) is 13.3. The van der Waals surface area contributed by atoms with E-state index in [-0.39, 0.29) is 10.8 Å². The zero-order chi connectivity index (χ0) is 12.8. The lowest BCUT2D eigenvalue weighted by Crippen LogP contribution is -2.22. The topological polar surface area (TPSA) is 12.9 Å². The Kier molecular flexibility index (Phi) is 2.81. The summed E-state index contributed by atoms with van der Waals surface area (Å²) in [5.41, 5.74) is 4.37. The van der Waals surface area contributed by atoms with Crippen LogP contribution in [0.3, 0.4) is 0 Å². The van der Waals surface area contributed by atoms with Crippen LogP contribution in [0.15, 0.2) is 17.5 Å². The van der Waals surface area contributed by atoms with Gasteiger partial charge in [-0.25, -0.2) is 0 Å². The summed E-state index contributed by atoms with van der Waals surface area (Å²) in [4.78, 5) is 0. The van der Waals surface area contributed by atoms with Crippen molar-refractivity contribution >= 4 is 22.4 Å². The highest BCUT2D eigenvalue weighted by molar-refractivity contribution is 7.04. The second-order valence-corrected chi connectivity index (χ2v) is 7.36. The van der Waals surface area contributed by atoms with E-state index < -0.39 is 0 Å². The molecule has 92 valence electrons. The van der Waals surface area contributed by atoms with Gasteiger partial charge in [0.25, 0.3) is 0 Å². The third-order valence-electron chi connectivity index (χ3n) is 3.10. The average Bonchev–Trinajstić information content (AvgIpc) is 2.59. The van der Waals surface area contributed by atoms with E-state index in [1.807, 2.05) is 0 Å². The summed E-state index contributed by atoms with van der Waals surface area (Å²) >= 11 is 1.55. The predicted molar refractivity (Wildman–Crippen MR) is 77.0 cm³/mol. The van der Waals surface area contributed by atoms with Gasteiger partial charge in [0.2, 0.25) is 0 Å². The van der Waals surface area contributed by atoms with Crippen LogP contribution in [-0.2, 0) is 10.8 Å². The molecule has 0 unspecified atom stereocenters. The van der Waals surface area contributed by atoms with Crippen molar-refractivity contribution in [3.63, 3.8) is 0 Å². The first-order chi connectivity index (χ1) is 7.71. The maximum Gasteiger partial charge on any atom is 0.0843 e. The molecule has 1 aromatic carbocycles. The highest BCUT2D eigenvalue weighted by atomic mass is 32.1. The molecule has 0 aliphatic heterocycles. The van der Waals surface area contributed by atoms with Gasteiger partial charge in [-0.3, -0.25) is 0 Å². The van der Waals surface area contributed by atoms with E-state index in [9.17, 15) is 0 Å². The van der Waals surface area contributed by atoms with Crippen molar-refractivity contribution in [3.05, 3.63) is 28.6 Å². The molecule has 0 atom stereocenters. The Morgan fingerprint density at radius 1 is 0.941 bits per heavy atom. The molecule has 1 heterocycles. The lowest BCUT2D eigenvalue weighted by Gasteiger charge is -2.30. The van der Waals surface area contributed by atoms with Gasteiger partial charge in [0.15, 0.2) is 0 Å². The Hall–Kier alpha value is -0.890. The van der Waals surface area contributed by atoms with Gasteiger partial charge in [0.05, 0.1) is 5.52 Å². The minimum Gasteiger partial charge on any atom is -0.193 e. The molecule has 1 aromatic heterocycles. The zero-order valence-corrected chi connectivity index (χ0v) is 12.4. The van der Waals surface area contributed by atoms with Crippen molar-refractivity contribution in [2.75, 3.05) is 0 Å². The van der Waals surface area contributed by atoms with Gasteiger partial charge in [-0.2, -0.15) is 4.37 Å². The van der Waals surface area contributed by atoms with Gasteiger partial charge in [0.1, 0.15) is 0 Å². The molecular weight excluding hydrogens is 226 g/mol. The zero-order valence-electron chi connectivity index (χ0n) is 11.6.